The fourth-order valence-corrected chi connectivity index (χ4v) is 2.68. The van der Waals surface area contributed by atoms with Crippen molar-refractivity contribution in [2.45, 2.75) is 25.2 Å². The number of H-pyrrole nitrogens is 1. The first-order valence-corrected chi connectivity index (χ1v) is 8.10. The molecule has 0 spiro atoms. The number of aromatic amines is 1. The largest absolute Gasteiger partial charge is 0.311 e. The first kappa shape index (κ1) is 15.1. The molecule has 0 unspecified atom stereocenters. The molecule has 0 saturated heterocycles. The normalized spacial score (nSPS) is 13.4. The Morgan fingerprint density at radius 2 is 2.28 bits per heavy atom. The molecule has 0 bridgehead atoms. The molecule has 2 heterocycles. The van der Waals surface area contributed by atoms with Crippen molar-refractivity contribution >= 4 is 11.7 Å². The van der Waals surface area contributed by atoms with Crippen LogP contribution in [0.3, 0.4) is 0 Å². The molecule has 1 fully saturated rings. The fourth-order valence-electron chi connectivity index (χ4n) is 2.68. The van der Waals surface area contributed by atoms with Crippen molar-refractivity contribution in [3.63, 3.8) is 0 Å². The van der Waals surface area contributed by atoms with Gasteiger partial charge < -0.3 is 5.32 Å². The highest BCUT2D eigenvalue weighted by Crippen LogP contribution is 2.39. The Balaban J connectivity index is 1.41. The lowest BCUT2D eigenvalue weighted by molar-refractivity contribution is -0.115. The number of nitriles is 1. The monoisotopic (exact) mass is 332 g/mol. The Hall–Kier alpha value is -3.40. The summed E-state index contributed by atoms with van der Waals surface area (Å²) in [5.74, 6) is 1.04. The number of hydrogen-bond acceptors (Lipinski definition) is 4. The summed E-state index contributed by atoms with van der Waals surface area (Å²) in [5.41, 5.74) is 3.16. The van der Waals surface area contributed by atoms with Gasteiger partial charge in [0.2, 0.25) is 5.91 Å². The fraction of sp³-hybridized carbons (Fsp3) is 0.222. The Labute approximate surface area is 144 Å². The first-order chi connectivity index (χ1) is 12.2. The summed E-state index contributed by atoms with van der Waals surface area (Å²) >= 11 is 0. The Morgan fingerprint density at radius 1 is 1.40 bits per heavy atom. The van der Waals surface area contributed by atoms with E-state index in [-0.39, 0.29) is 12.3 Å². The summed E-state index contributed by atoms with van der Waals surface area (Å²) in [5, 5.41) is 23.1. The Kier molecular flexibility index (Phi) is 3.78. The van der Waals surface area contributed by atoms with Gasteiger partial charge in [0.05, 0.1) is 35.6 Å². The second kappa shape index (κ2) is 6.24. The van der Waals surface area contributed by atoms with Crippen LogP contribution in [0.4, 0.5) is 5.82 Å². The van der Waals surface area contributed by atoms with Crippen molar-refractivity contribution in [3.05, 3.63) is 59.5 Å². The van der Waals surface area contributed by atoms with Crippen molar-refractivity contribution in [1.29, 1.82) is 5.26 Å². The Morgan fingerprint density at radius 3 is 3.08 bits per heavy atom. The van der Waals surface area contributed by atoms with E-state index in [9.17, 15) is 4.79 Å². The smallest absolute Gasteiger partial charge is 0.230 e. The molecule has 1 aliphatic rings. The molecule has 7 nitrogen and oxygen atoms in total. The maximum absolute atomic E-state index is 12.2. The molecule has 0 aliphatic heterocycles. The first-order valence-electron chi connectivity index (χ1n) is 8.10. The molecule has 1 amide bonds. The molecule has 1 aliphatic carbocycles. The summed E-state index contributed by atoms with van der Waals surface area (Å²) in [7, 11) is 0. The lowest BCUT2D eigenvalue weighted by Gasteiger charge is -2.01. The van der Waals surface area contributed by atoms with E-state index in [1.807, 2.05) is 12.1 Å². The van der Waals surface area contributed by atoms with Crippen LogP contribution in [0.25, 0.3) is 5.69 Å². The molecular weight excluding hydrogens is 316 g/mol. The zero-order chi connectivity index (χ0) is 17.2. The van der Waals surface area contributed by atoms with E-state index < -0.39 is 0 Å². The van der Waals surface area contributed by atoms with Crippen LogP contribution in [-0.2, 0) is 11.2 Å². The van der Waals surface area contributed by atoms with Gasteiger partial charge in [0, 0.05) is 18.2 Å². The molecule has 3 aromatic rings. The molecule has 0 radical (unpaired) electrons. The van der Waals surface area contributed by atoms with Crippen molar-refractivity contribution < 1.29 is 4.79 Å². The molecule has 2 aromatic heterocycles. The zero-order valence-electron chi connectivity index (χ0n) is 13.4. The second-order valence-corrected chi connectivity index (χ2v) is 6.16. The number of carbonyl (C=O) groups excluding carboxylic acids is 1. The van der Waals surface area contributed by atoms with Crippen molar-refractivity contribution in [1.82, 2.24) is 20.0 Å². The number of amides is 1. The van der Waals surface area contributed by atoms with Gasteiger partial charge in [-0.2, -0.15) is 15.5 Å². The number of anilines is 1. The second-order valence-electron chi connectivity index (χ2n) is 6.16. The van der Waals surface area contributed by atoms with E-state index in [1.54, 1.807) is 35.3 Å². The topological polar surface area (TPSA) is 99.4 Å². The molecule has 1 aromatic carbocycles. The minimum Gasteiger partial charge on any atom is -0.311 e. The third-order valence-electron chi connectivity index (χ3n) is 4.11. The van der Waals surface area contributed by atoms with Gasteiger partial charge in [-0.05, 0) is 36.6 Å². The SMILES string of the molecule is N#Cc1cccc(-n2cc(CC(=O)Nc3cc(C4CC4)n[nH]3)cn2)c1. The lowest BCUT2D eigenvalue weighted by atomic mass is 10.2. The predicted molar refractivity (Wildman–Crippen MR) is 91.2 cm³/mol. The number of aromatic nitrogens is 4. The van der Waals surface area contributed by atoms with E-state index in [0.29, 0.717) is 17.3 Å². The van der Waals surface area contributed by atoms with E-state index in [4.69, 9.17) is 5.26 Å². The van der Waals surface area contributed by atoms with Crippen LogP contribution in [0.15, 0.2) is 42.7 Å². The lowest BCUT2D eigenvalue weighted by Crippen LogP contribution is -2.14. The number of nitrogens with zero attached hydrogens (tertiary/aromatic N) is 4. The van der Waals surface area contributed by atoms with Crippen LogP contribution in [0.2, 0.25) is 0 Å². The molecule has 124 valence electrons. The zero-order valence-corrected chi connectivity index (χ0v) is 13.4. The van der Waals surface area contributed by atoms with Gasteiger partial charge in [0.15, 0.2) is 0 Å². The standard InChI is InChI=1S/C18H16N6O/c19-9-12-2-1-3-15(6-12)24-11-13(10-20-24)7-18(25)21-17-8-16(22-23-17)14-4-5-14/h1-3,6,8,10-11,14H,4-5,7H2,(H2,21,22,23,25). The third-order valence-corrected chi connectivity index (χ3v) is 4.11. The Bertz CT molecular complexity index is 960. The predicted octanol–water partition coefficient (Wildman–Crippen LogP) is 2.53. The highest BCUT2D eigenvalue weighted by atomic mass is 16.1. The van der Waals surface area contributed by atoms with Gasteiger partial charge in [-0.15, -0.1) is 0 Å². The quantitative estimate of drug-likeness (QED) is 0.750. The van der Waals surface area contributed by atoms with Crippen molar-refractivity contribution in [2.24, 2.45) is 0 Å². The van der Waals surface area contributed by atoms with Gasteiger partial charge >= 0.3 is 0 Å². The average Bonchev–Trinajstić information content (AvgIpc) is 3.20. The van der Waals surface area contributed by atoms with E-state index in [1.165, 1.54) is 12.8 Å². The third kappa shape index (κ3) is 3.43. The van der Waals surface area contributed by atoms with Crippen LogP contribution >= 0.6 is 0 Å². The van der Waals surface area contributed by atoms with E-state index in [2.05, 4.69) is 26.7 Å². The minimum atomic E-state index is -0.128. The minimum absolute atomic E-state index is 0.128. The van der Waals surface area contributed by atoms with Crippen LogP contribution in [-0.4, -0.2) is 25.9 Å². The van der Waals surface area contributed by atoms with Crippen molar-refractivity contribution in [3.8, 4) is 11.8 Å². The summed E-state index contributed by atoms with van der Waals surface area (Å²) in [6.45, 7) is 0. The molecule has 4 rings (SSSR count). The van der Waals surface area contributed by atoms with Crippen LogP contribution < -0.4 is 5.32 Å². The highest BCUT2D eigenvalue weighted by Gasteiger charge is 2.26. The van der Waals surface area contributed by atoms with E-state index >= 15 is 0 Å². The number of hydrogen-bond donors (Lipinski definition) is 2. The van der Waals surface area contributed by atoms with Crippen LogP contribution in [0.5, 0.6) is 0 Å². The highest BCUT2D eigenvalue weighted by molar-refractivity contribution is 5.91. The molecule has 2 N–H and O–H groups in total. The summed E-state index contributed by atoms with van der Waals surface area (Å²) in [6.07, 6.45) is 6.00. The van der Waals surface area contributed by atoms with Gasteiger partial charge in [0.25, 0.3) is 0 Å². The van der Waals surface area contributed by atoms with Gasteiger partial charge in [0.1, 0.15) is 5.82 Å². The maximum atomic E-state index is 12.2. The maximum Gasteiger partial charge on any atom is 0.230 e. The van der Waals surface area contributed by atoms with E-state index in [0.717, 1.165) is 16.9 Å². The molecular formula is C18H16N6O. The molecule has 1 saturated carbocycles. The average molecular weight is 332 g/mol. The molecule has 25 heavy (non-hydrogen) atoms. The number of carbonyl (C=O) groups is 1. The number of rotatable bonds is 5. The van der Waals surface area contributed by atoms with Gasteiger partial charge in [-0.1, -0.05) is 6.07 Å². The van der Waals surface area contributed by atoms with Crippen LogP contribution in [0, 0.1) is 11.3 Å². The summed E-state index contributed by atoms with van der Waals surface area (Å²) < 4.78 is 1.66. The van der Waals surface area contributed by atoms with Crippen molar-refractivity contribution in [2.75, 3.05) is 5.32 Å². The van der Waals surface area contributed by atoms with Crippen LogP contribution in [0.1, 0.15) is 35.6 Å². The van der Waals surface area contributed by atoms with Gasteiger partial charge in [-0.3, -0.25) is 9.89 Å². The molecule has 0 atom stereocenters. The number of nitrogens with one attached hydrogen (secondary N) is 2. The summed E-state index contributed by atoms with van der Waals surface area (Å²) in [6, 6.07) is 11.2. The molecule has 7 heteroatoms. The van der Waals surface area contributed by atoms with Gasteiger partial charge in [-0.25, -0.2) is 4.68 Å². The summed E-state index contributed by atoms with van der Waals surface area (Å²) in [4.78, 5) is 12.2. The number of benzene rings is 1.